The number of nitrogen functional groups attached to an aromatic ring is 1. The van der Waals surface area contributed by atoms with Gasteiger partial charge in [-0.3, -0.25) is 4.79 Å². The summed E-state index contributed by atoms with van der Waals surface area (Å²) < 4.78 is 26.6. The summed E-state index contributed by atoms with van der Waals surface area (Å²) in [6.07, 6.45) is 0. The number of carbonyl (C=O) groups excluding carboxylic acids is 1. The van der Waals surface area contributed by atoms with Crippen molar-refractivity contribution in [3.63, 3.8) is 0 Å². The smallest absolute Gasteiger partial charge is 0.254 e. The van der Waals surface area contributed by atoms with Gasteiger partial charge in [0.25, 0.3) is 5.91 Å². The minimum atomic E-state index is -0.587. The molecule has 5 heteroatoms. The number of aryl methyl sites for hydroxylation is 1. The van der Waals surface area contributed by atoms with Crippen molar-refractivity contribution in [3.8, 4) is 0 Å². The fraction of sp³-hybridized carbons (Fsp3) is 0.133. The Morgan fingerprint density at radius 3 is 2.50 bits per heavy atom. The molecule has 2 aromatic carbocycles. The number of carbonyl (C=O) groups is 1. The van der Waals surface area contributed by atoms with Crippen LogP contribution in [0.5, 0.6) is 0 Å². The molecule has 2 aromatic rings. The highest BCUT2D eigenvalue weighted by molar-refractivity contribution is 5.95. The molecule has 104 valence electrons. The molecule has 0 fully saturated rings. The fourth-order valence-electron chi connectivity index (χ4n) is 1.84. The van der Waals surface area contributed by atoms with E-state index in [2.05, 4.69) is 5.32 Å². The van der Waals surface area contributed by atoms with Gasteiger partial charge in [-0.2, -0.15) is 0 Å². The minimum absolute atomic E-state index is 0.0930. The zero-order valence-electron chi connectivity index (χ0n) is 10.9. The Morgan fingerprint density at radius 2 is 1.85 bits per heavy atom. The number of nitrogens with one attached hydrogen (secondary N) is 1. The quantitative estimate of drug-likeness (QED) is 0.847. The summed E-state index contributed by atoms with van der Waals surface area (Å²) in [6.45, 7) is 1.73. The summed E-state index contributed by atoms with van der Waals surface area (Å²) in [6, 6.07) is 8.46. The maximum atomic E-state index is 13.8. The van der Waals surface area contributed by atoms with Crippen molar-refractivity contribution >= 4 is 11.6 Å². The highest BCUT2D eigenvalue weighted by Crippen LogP contribution is 2.17. The number of hydrogen-bond donors (Lipinski definition) is 2. The van der Waals surface area contributed by atoms with E-state index in [1.165, 1.54) is 24.3 Å². The lowest BCUT2D eigenvalue weighted by Crippen LogP contribution is -2.24. The zero-order chi connectivity index (χ0) is 14.7. The van der Waals surface area contributed by atoms with Gasteiger partial charge in [-0.1, -0.05) is 12.1 Å². The Balaban J connectivity index is 2.11. The van der Waals surface area contributed by atoms with Gasteiger partial charge >= 0.3 is 0 Å². The molecule has 0 aliphatic heterocycles. The highest BCUT2D eigenvalue weighted by Gasteiger charge is 2.14. The Labute approximate surface area is 115 Å². The molecular formula is C15H14F2N2O. The first-order valence-corrected chi connectivity index (χ1v) is 6.05. The number of rotatable bonds is 3. The predicted octanol–water partition coefficient (Wildman–Crippen LogP) is 2.79. The van der Waals surface area contributed by atoms with Crippen molar-refractivity contribution in [1.82, 2.24) is 5.32 Å². The third-order valence-corrected chi connectivity index (χ3v) is 2.89. The lowest BCUT2D eigenvalue weighted by Gasteiger charge is -2.09. The average Bonchev–Trinajstić information content (AvgIpc) is 2.42. The molecule has 0 heterocycles. The standard InChI is InChI=1S/C15H14F2N2O/c1-9-6-12(18)7-13(14(9)17)15(20)19-8-10-2-4-11(16)5-3-10/h2-7H,8,18H2,1H3,(H,19,20). The molecule has 0 saturated carbocycles. The molecule has 0 atom stereocenters. The summed E-state index contributed by atoms with van der Waals surface area (Å²) in [5, 5.41) is 2.57. The molecule has 0 aliphatic carbocycles. The second kappa shape index (κ2) is 5.69. The monoisotopic (exact) mass is 276 g/mol. The molecule has 0 unspecified atom stereocenters. The highest BCUT2D eigenvalue weighted by atomic mass is 19.1. The summed E-state index contributed by atoms with van der Waals surface area (Å²) in [4.78, 5) is 11.9. The van der Waals surface area contributed by atoms with Crippen LogP contribution in [0.25, 0.3) is 0 Å². The van der Waals surface area contributed by atoms with Gasteiger partial charge in [-0.05, 0) is 42.3 Å². The minimum Gasteiger partial charge on any atom is -0.399 e. The summed E-state index contributed by atoms with van der Waals surface area (Å²) >= 11 is 0. The number of benzene rings is 2. The van der Waals surface area contributed by atoms with Gasteiger partial charge in [0.05, 0.1) is 5.56 Å². The van der Waals surface area contributed by atoms with E-state index in [1.807, 2.05) is 0 Å². The molecule has 0 radical (unpaired) electrons. The van der Waals surface area contributed by atoms with Gasteiger partial charge in [0, 0.05) is 12.2 Å². The normalized spacial score (nSPS) is 10.3. The van der Waals surface area contributed by atoms with E-state index >= 15 is 0 Å². The maximum Gasteiger partial charge on any atom is 0.254 e. The predicted molar refractivity (Wildman–Crippen MR) is 73.1 cm³/mol. The third kappa shape index (κ3) is 3.12. The Morgan fingerprint density at radius 1 is 1.20 bits per heavy atom. The van der Waals surface area contributed by atoms with Gasteiger partial charge in [-0.25, -0.2) is 8.78 Å². The number of anilines is 1. The van der Waals surface area contributed by atoms with E-state index in [0.29, 0.717) is 11.3 Å². The van der Waals surface area contributed by atoms with Crippen LogP contribution < -0.4 is 11.1 Å². The second-order valence-electron chi connectivity index (χ2n) is 4.51. The van der Waals surface area contributed by atoms with Crippen LogP contribution in [0.1, 0.15) is 21.5 Å². The molecule has 3 N–H and O–H groups in total. The summed E-state index contributed by atoms with van der Waals surface area (Å²) in [7, 11) is 0. The van der Waals surface area contributed by atoms with Crippen molar-refractivity contribution in [3.05, 3.63) is 64.7 Å². The Kier molecular flexibility index (Phi) is 3.98. The lowest BCUT2D eigenvalue weighted by atomic mass is 10.1. The van der Waals surface area contributed by atoms with Crippen molar-refractivity contribution < 1.29 is 13.6 Å². The van der Waals surface area contributed by atoms with Crippen LogP contribution in [-0.4, -0.2) is 5.91 Å². The van der Waals surface area contributed by atoms with Crippen LogP contribution in [0.3, 0.4) is 0 Å². The Bertz CT molecular complexity index is 639. The molecule has 0 aliphatic rings. The number of nitrogens with two attached hydrogens (primary N) is 1. The largest absolute Gasteiger partial charge is 0.399 e. The van der Waals surface area contributed by atoms with Crippen molar-refractivity contribution in [2.45, 2.75) is 13.5 Å². The van der Waals surface area contributed by atoms with E-state index in [9.17, 15) is 13.6 Å². The lowest BCUT2D eigenvalue weighted by molar-refractivity contribution is 0.0946. The fourth-order valence-corrected chi connectivity index (χ4v) is 1.84. The molecule has 1 amide bonds. The first kappa shape index (κ1) is 14.0. The van der Waals surface area contributed by atoms with E-state index in [-0.39, 0.29) is 17.9 Å². The molecule has 2 rings (SSSR count). The zero-order valence-corrected chi connectivity index (χ0v) is 10.9. The first-order chi connectivity index (χ1) is 9.47. The van der Waals surface area contributed by atoms with Gasteiger partial charge in [-0.15, -0.1) is 0 Å². The van der Waals surface area contributed by atoms with Crippen LogP contribution in [0, 0.1) is 18.6 Å². The van der Waals surface area contributed by atoms with Crippen LogP contribution in [0.2, 0.25) is 0 Å². The molecule has 0 saturated heterocycles. The maximum absolute atomic E-state index is 13.8. The van der Waals surface area contributed by atoms with E-state index in [1.54, 1.807) is 19.1 Å². The van der Waals surface area contributed by atoms with E-state index in [4.69, 9.17) is 5.73 Å². The van der Waals surface area contributed by atoms with Crippen LogP contribution in [0.4, 0.5) is 14.5 Å². The topological polar surface area (TPSA) is 55.1 Å². The van der Waals surface area contributed by atoms with Crippen molar-refractivity contribution in [2.24, 2.45) is 0 Å². The number of hydrogen-bond acceptors (Lipinski definition) is 2. The van der Waals surface area contributed by atoms with E-state index < -0.39 is 11.7 Å². The van der Waals surface area contributed by atoms with Crippen LogP contribution in [-0.2, 0) is 6.54 Å². The number of halogens is 2. The SMILES string of the molecule is Cc1cc(N)cc(C(=O)NCc2ccc(F)cc2)c1F. The molecule has 0 bridgehead atoms. The van der Waals surface area contributed by atoms with Gasteiger partial charge in [0.15, 0.2) is 0 Å². The average molecular weight is 276 g/mol. The molecule has 0 spiro atoms. The first-order valence-electron chi connectivity index (χ1n) is 6.05. The number of amides is 1. The second-order valence-corrected chi connectivity index (χ2v) is 4.51. The molecule has 0 aromatic heterocycles. The third-order valence-electron chi connectivity index (χ3n) is 2.89. The van der Waals surface area contributed by atoms with Crippen molar-refractivity contribution in [1.29, 1.82) is 0 Å². The molecular weight excluding hydrogens is 262 g/mol. The van der Waals surface area contributed by atoms with Gasteiger partial charge < -0.3 is 11.1 Å². The molecule has 20 heavy (non-hydrogen) atoms. The van der Waals surface area contributed by atoms with Crippen LogP contribution in [0.15, 0.2) is 36.4 Å². The van der Waals surface area contributed by atoms with Crippen LogP contribution >= 0.6 is 0 Å². The van der Waals surface area contributed by atoms with Gasteiger partial charge in [0.2, 0.25) is 0 Å². The molecule has 3 nitrogen and oxygen atoms in total. The summed E-state index contributed by atoms with van der Waals surface area (Å²) in [5.41, 5.74) is 6.88. The summed E-state index contributed by atoms with van der Waals surface area (Å²) in [5.74, 6) is -1.49. The van der Waals surface area contributed by atoms with E-state index in [0.717, 1.165) is 5.56 Å². The Hall–Kier alpha value is -2.43. The van der Waals surface area contributed by atoms with Gasteiger partial charge in [0.1, 0.15) is 11.6 Å². The van der Waals surface area contributed by atoms with Crippen molar-refractivity contribution in [2.75, 3.05) is 5.73 Å².